The SMILES string of the molecule is COc1ccc(C=C(CNC(=O)OCc2ccccc2)B2OC(C)(C)C(C)(C)O2)c(C(=O)NN)c1. The lowest BCUT2D eigenvalue weighted by molar-refractivity contribution is 0.00578. The lowest BCUT2D eigenvalue weighted by Crippen LogP contribution is -2.41. The van der Waals surface area contributed by atoms with Crippen LogP contribution < -0.4 is 21.3 Å². The van der Waals surface area contributed by atoms with Crippen molar-refractivity contribution < 1.29 is 28.4 Å². The monoisotopic (exact) mass is 481 g/mol. The van der Waals surface area contributed by atoms with E-state index in [1.54, 1.807) is 24.3 Å². The topological polar surface area (TPSA) is 121 Å². The number of benzene rings is 2. The summed E-state index contributed by atoms with van der Waals surface area (Å²) in [5.74, 6) is 5.40. The number of nitrogen functional groups attached to an aromatic ring is 1. The van der Waals surface area contributed by atoms with Crippen molar-refractivity contribution in [3.8, 4) is 5.75 Å². The Labute approximate surface area is 206 Å². The molecule has 3 rings (SSSR count). The zero-order valence-electron chi connectivity index (χ0n) is 20.7. The highest BCUT2D eigenvalue weighted by molar-refractivity contribution is 6.56. The Kier molecular flexibility index (Phi) is 8.21. The maximum Gasteiger partial charge on any atom is 0.492 e. The van der Waals surface area contributed by atoms with Crippen molar-refractivity contribution in [3.05, 3.63) is 70.7 Å². The Bertz CT molecular complexity index is 1070. The number of carbonyl (C=O) groups is 2. The van der Waals surface area contributed by atoms with Gasteiger partial charge in [-0.1, -0.05) is 42.5 Å². The number of amides is 2. The summed E-state index contributed by atoms with van der Waals surface area (Å²) >= 11 is 0. The van der Waals surface area contributed by atoms with Gasteiger partial charge in [-0.2, -0.15) is 0 Å². The van der Waals surface area contributed by atoms with Gasteiger partial charge in [0, 0.05) is 6.54 Å². The lowest BCUT2D eigenvalue weighted by Gasteiger charge is -2.32. The van der Waals surface area contributed by atoms with E-state index in [9.17, 15) is 9.59 Å². The van der Waals surface area contributed by atoms with Crippen molar-refractivity contribution in [1.82, 2.24) is 10.7 Å². The molecular weight excluding hydrogens is 449 g/mol. The highest BCUT2D eigenvalue weighted by Gasteiger charge is 2.52. The van der Waals surface area contributed by atoms with E-state index >= 15 is 0 Å². The molecule has 0 atom stereocenters. The van der Waals surface area contributed by atoms with Gasteiger partial charge in [0.15, 0.2) is 0 Å². The summed E-state index contributed by atoms with van der Waals surface area (Å²) in [6.45, 7) is 7.96. The van der Waals surface area contributed by atoms with Gasteiger partial charge < -0.3 is 24.1 Å². The molecule has 1 heterocycles. The van der Waals surface area contributed by atoms with Gasteiger partial charge >= 0.3 is 13.2 Å². The van der Waals surface area contributed by atoms with Gasteiger partial charge in [0.1, 0.15) is 12.4 Å². The zero-order chi connectivity index (χ0) is 25.6. The fourth-order valence-corrected chi connectivity index (χ4v) is 3.41. The van der Waals surface area contributed by atoms with Crippen molar-refractivity contribution in [2.45, 2.75) is 45.5 Å². The predicted octanol–water partition coefficient (Wildman–Crippen LogP) is 3.24. The normalized spacial score (nSPS) is 16.5. The second-order valence-corrected chi connectivity index (χ2v) is 9.15. The molecule has 0 radical (unpaired) electrons. The Balaban J connectivity index is 1.86. The molecule has 1 saturated heterocycles. The minimum Gasteiger partial charge on any atom is -0.497 e. The molecule has 35 heavy (non-hydrogen) atoms. The van der Waals surface area contributed by atoms with Crippen LogP contribution in [0.4, 0.5) is 4.79 Å². The van der Waals surface area contributed by atoms with Crippen LogP contribution in [0.25, 0.3) is 6.08 Å². The second kappa shape index (κ2) is 10.9. The summed E-state index contributed by atoms with van der Waals surface area (Å²) in [4.78, 5) is 24.8. The summed E-state index contributed by atoms with van der Waals surface area (Å²) in [5.41, 5.74) is 3.28. The maximum atomic E-state index is 12.4. The maximum absolute atomic E-state index is 12.4. The molecule has 0 bridgehead atoms. The van der Waals surface area contributed by atoms with Crippen LogP contribution in [0.3, 0.4) is 0 Å². The summed E-state index contributed by atoms with van der Waals surface area (Å²) in [5, 5.41) is 2.75. The van der Waals surface area contributed by atoms with Crippen LogP contribution in [0.15, 0.2) is 54.0 Å². The van der Waals surface area contributed by atoms with Gasteiger partial charge in [-0.05, 0) is 56.4 Å². The van der Waals surface area contributed by atoms with Crippen LogP contribution in [0.5, 0.6) is 5.75 Å². The van der Waals surface area contributed by atoms with Crippen LogP contribution in [0, 0.1) is 0 Å². The van der Waals surface area contributed by atoms with E-state index in [2.05, 4.69) is 10.7 Å². The minimum atomic E-state index is -0.759. The standard InChI is InChI=1S/C25H32BN3O6/c1-24(2)25(3,4)35-26(34-24)19(15-28-23(31)33-16-17-9-7-6-8-10-17)13-18-11-12-20(32-5)14-21(18)22(30)29-27/h6-14H,15-16,27H2,1-5H3,(H,28,31)(H,29,30). The molecule has 2 aromatic rings. The summed E-state index contributed by atoms with van der Waals surface area (Å²) in [6.07, 6.45) is 1.15. The Hall–Kier alpha value is -3.34. The summed E-state index contributed by atoms with van der Waals surface area (Å²) in [7, 11) is 0.751. The van der Waals surface area contributed by atoms with Crippen molar-refractivity contribution in [1.29, 1.82) is 0 Å². The molecule has 1 fully saturated rings. The van der Waals surface area contributed by atoms with Gasteiger partial charge in [-0.25, -0.2) is 10.6 Å². The fourth-order valence-electron chi connectivity index (χ4n) is 3.41. The number of hydrogen-bond donors (Lipinski definition) is 3. The van der Waals surface area contributed by atoms with E-state index in [-0.39, 0.29) is 13.2 Å². The van der Waals surface area contributed by atoms with Gasteiger partial charge in [0.2, 0.25) is 0 Å². The Morgan fingerprint density at radius 3 is 2.31 bits per heavy atom. The number of hydrogen-bond acceptors (Lipinski definition) is 7. The smallest absolute Gasteiger partial charge is 0.492 e. The Morgan fingerprint density at radius 1 is 1.06 bits per heavy atom. The first-order valence-electron chi connectivity index (χ1n) is 11.3. The van der Waals surface area contributed by atoms with E-state index in [1.807, 2.05) is 58.0 Å². The third-order valence-electron chi connectivity index (χ3n) is 6.18. The van der Waals surface area contributed by atoms with Crippen molar-refractivity contribution in [2.24, 2.45) is 5.84 Å². The van der Waals surface area contributed by atoms with Crippen LogP contribution >= 0.6 is 0 Å². The molecule has 4 N–H and O–H groups in total. The van der Waals surface area contributed by atoms with Crippen LogP contribution in [-0.2, 0) is 20.7 Å². The third kappa shape index (κ3) is 6.42. The molecule has 186 valence electrons. The minimum absolute atomic E-state index is 0.0696. The fraction of sp³-hybridized carbons (Fsp3) is 0.360. The molecule has 2 aromatic carbocycles. The molecule has 1 aliphatic rings. The van der Waals surface area contributed by atoms with Crippen molar-refractivity contribution in [3.63, 3.8) is 0 Å². The largest absolute Gasteiger partial charge is 0.497 e. The summed E-state index contributed by atoms with van der Waals surface area (Å²) < 4.78 is 23.0. The van der Waals surface area contributed by atoms with E-state index in [1.165, 1.54) is 7.11 Å². The molecule has 0 aromatic heterocycles. The highest BCUT2D eigenvalue weighted by atomic mass is 16.7. The van der Waals surface area contributed by atoms with Crippen molar-refractivity contribution >= 4 is 25.2 Å². The highest BCUT2D eigenvalue weighted by Crippen LogP contribution is 2.39. The first-order valence-corrected chi connectivity index (χ1v) is 11.3. The number of rotatable bonds is 8. The zero-order valence-corrected chi connectivity index (χ0v) is 20.7. The van der Waals surface area contributed by atoms with Gasteiger partial charge in [-0.15, -0.1) is 0 Å². The molecule has 0 spiro atoms. The molecule has 0 saturated carbocycles. The van der Waals surface area contributed by atoms with E-state index in [0.717, 1.165) is 5.56 Å². The molecule has 10 heteroatoms. The van der Waals surface area contributed by atoms with Crippen molar-refractivity contribution in [2.75, 3.05) is 13.7 Å². The lowest BCUT2D eigenvalue weighted by atomic mass is 9.76. The number of ether oxygens (including phenoxy) is 2. The molecular formula is C25H32BN3O6. The first-order chi connectivity index (χ1) is 16.6. The molecule has 0 unspecified atom stereocenters. The molecule has 0 aliphatic carbocycles. The van der Waals surface area contributed by atoms with Gasteiger partial charge in [0.05, 0.1) is 23.9 Å². The molecule has 2 amide bonds. The first kappa shape index (κ1) is 26.3. The molecule has 1 aliphatic heterocycles. The van der Waals surface area contributed by atoms with E-state index in [4.69, 9.17) is 24.6 Å². The average Bonchev–Trinajstić information content (AvgIpc) is 3.06. The second-order valence-electron chi connectivity index (χ2n) is 9.15. The number of alkyl carbamates (subject to hydrolysis) is 1. The number of hydrazine groups is 1. The number of nitrogens with one attached hydrogen (secondary N) is 2. The molecule has 9 nitrogen and oxygen atoms in total. The van der Waals surface area contributed by atoms with Crippen LogP contribution in [0.2, 0.25) is 0 Å². The van der Waals surface area contributed by atoms with Gasteiger partial charge in [0.25, 0.3) is 5.91 Å². The van der Waals surface area contributed by atoms with E-state index < -0.39 is 30.3 Å². The third-order valence-corrected chi connectivity index (χ3v) is 6.18. The summed E-state index contributed by atoms with van der Waals surface area (Å²) in [6, 6.07) is 14.4. The Morgan fingerprint density at radius 2 is 1.71 bits per heavy atom. The predicted molar refractivity (Wildman–Crippen MR) is 133 cm³/mol. The average molecular weight is 481 g/mol. The van der Waals surface area contributed by atoms with Crippen LogP contribution in [-0.4, -0.2) is 44.0 Å². The van der Waals surface area contributed by atoms with E-state index in [0.29, 0.717) is 22.3 Å². The number of methoxy groups -OCH3 is 1. The van der Waals surface area contributed by atoms with Crippen LogP contribution in [0.1, 0.15) is 49.2 Å². The number of carbonyl (C=O) groups excluding carboxylic acids is 2. The number of nitrogens with two attached hydrogens (primary N) is 1. The van der Waals surface area contributed by atoms with Gasteiger partial charge in [-0.3, -0.25) is 10.2 Å². The quantitative estimate of drug-likeness (QED) is 0.229.